The van der Waals surface area contributed by atoms with Crippen LogP contribution in [0.1, 0.15) is 46.6 Å². The maximum absolute atomic E-state index is 12.5. The number of esters is 1. The van der Waals surface area contributed by atoms with E-state index < -0.39 is 0 Å². The summed E-state index contributed by atoms with van der Waals surface area (Å²) in [7, 11) is 4.04. The van der Waals surface area contributed by atoms with Gasteiger partial charge in [-0.05, 0) is 55.4 Å². The van der Waals surface area contributed by atoms with E-state index in [1.54, 1.807) is 11.3 Å². The van der Waals surface area contributed by atoms with Crippen molar-refractivity contribution in [3.63, 3.8) is 0 Å². The fraction of sp³-hybridized carbons (Fsp3) is 0.429. The molecule has 0 amide bonds. The molecule has 3 rings (SSSR count). The van der Waals surface area contributed by atoms with Gasteiger partial charge < -0.3 is 9.64 Å². The maximum atomic E-state index is 12.5. The summed E-state index contributed by atoms with van der Waals surface area (Å²) in [5.74, 6) is 0.418. The van der Waals surface area contributed by atoms with Crippen molar-refractivity contribution >= 4 is 34.2 Å². The molecule has 0 radical (unpaired) electrons. The summed E-state index contributed by atoms with van der Waals surface area (Å²) in [6.07, 6.45) is 4.92. The fourth-order valence-corrected chi connectivity index (χ4v) is 4.58. The number of benzene rings is 1. The molecule has 0 saturated heterocycles. The molecule has 1 aliphatic carbocycles. The van der Waals surface area contributed by atoms with E-state index in [1.165, 1.54) is 4.88 Å². The largest absolute Gasteiger partial charge is 0.462 e. The van der Waals surface area contributed by atoms with Crippen LogP contribution in [-0.2, 0) is 17.6 Å². The van der Waals surface area contributed by atoms with Crippen LogP contribution in [0.15, 0.2) is 29.3 Å². The van der Waals surface area contributed by atoms with E-state index in [0.717, 1.165) is 41.1 Å². The quantitative estimate of drug-likeness (QED) is 0.557. The van der Waals surface area contributed by atoms with Crippen LogP contribution in [0.3, 0.4) is 0 Å². The van der Waals surface area contributed by atoms with Crippen molar-refractivity contribution in [3.8, 4) is 0 Å². The van der Waals surface area contributed by atoms with Crippen LogP contribution in [0.25, 0.3) is 0 Å². The average Bonchev–Trinajstić information content (AvgIpc) is 2.98. The molecule has 0 N–H and O–H groups in total. The van der Waals surface area contributed by atoms with Gasteiger partial charge in [-0.3, -0.25) is 0 Å². The Morgan fingerprint density at radius 2 is 2.08 bits per heavy atom. The number of carbonyl (C=O) groups is 1. The lowest BCUT2D eigenvalue weighted by Crippen LogP contribution is -2.13. The molecule has 1 heterocycles. The van der Waals surface area contributed by atoms with E-state index in [1.807, 2.05) is 39.4 Å². The van der Waals surface area contributed by atoms with Crippen molar-refractivity contribution in [1.82, 2.24) is 0 Å². The molecule has 0 fully saturated rings. The molecular formula is C21H26N2O2S. The number of hydrogen-bond acceptors (Lipinski definition) is 5. The van der Waals surface area contributed by atoms with Gasteiger partial charge in [0.15, 0.2) is 0 Å². The highest BCUT2D eigenvalue weighted by molar-refractivity contribution is 7.16. The van der Waals surface area contributed by atoms with Gasteiger partial charge in [-0.25, -0.2) is 9.79 Å². The van der Waals surface area contributed by atoms with Crippen molar-refractivity contribution in [2.75, 3.05) is 25.6 Å². The lowest BCUT2D eigenvalue weighted by atomic mass is 9.88. The highest BCUT2D eigenvalue weighted by Crippen LogP contribution is 2.41. The molecule has 0 bridgehead atoms. The van der Waals surface area contributed by atoms with Gasteiger partial charge in [0.2, 0.25) is 0 Å². The minimum Gasteiger partial charge on any atom is -0.462 e. The molecule has 1 aromatic heterocycles. The summed E-state index contributed by atoms with van der Waals surface area (Å²) in [6, 6.07) is 8.21. The third kappa shape index (κ3) is 3.98. The highest BCUT2D eigenvalue weighted by atomic mass is 32.1. The molecule has 1 atom stereocenters. The smallest absolute Gasteiger partial charge is 0.341 e. The second-order valence-corrected chi connectivity index (χ2v) is 8.08. The molecule has 0 aliphatic heterocycles. The van der Waals surface area contributed by atoms with Crippen molar-refractivity contribution in [1.29, 1.82) is 0 Å². The first-order valence-electron chi connectivity index (χ1n) is 9.12. The van der Waals surface area contributed by atoms with Gasteiger partial charge >= 0.3 is 5.97 Å². The van der Waals surface area contributed by atoms with Crippen LogP contribution < -0.4 is 4.90 Å². The predicted octanol–water partition coefficient (Wildman–Crippen LogP) is 4.87. The van der Waals surface area contributed by atoms with Gasteiger partial charge in [-0.1, -0.05) is 19.1 Å². The summed E-state index contributed by atoms with van der Waals surface area (Å²) in [6.45, 7) is 4.49. The molecule has 2 aromatic rings. The Morgan fingerprint density at radius 1 is 1.35 bits per heavy atom. The van der Waals surface area contributed by atoms with E-state index >= 15 is 0 Å². The first-order chi connectivity index (χ1) is 12.5. The van der Waals surface area contributed by atoms with Crippen molar-refractivity contribution in [2.45, 2.75) is 33.1 Å². The Morgan fingerprint density at radius 3 is 2.73 bits per heavy atom. The second-order valence-electron chi connectivity index (χ2n) is 7.00. The summed E-state index contributed by atoms with van der Waals surface area (Å²) in [5.41, 5.74) is 4.00. The topological polar surface area (TPSA) is 41.9 Å². The van der Waals surface area contributed by atoms with Crippen molar-refractivity contribution in [2.24, 2.45) is 10.9 Å². The van der Waals surface area contributed by atoms with E-state index in [0.29, 0.717) is 18.1 Å². The SMILES string of the molecule is CCOC(=O)c1c(N=Cc2ccc(N(C)C)cc2)sc2c1CC[C@@H](C)C2. The lowest BCUT2D eigenvalue weighted by molar-refractivity contribution is 0.0526. The molecule has 1 aliphatic rings. The van der Waals surface area contributed by atoms with Gasteiger partial charge in [-0.15, -0.1) is 11.3 Å². The summed E-state index contributed by atoms with van der Waals surface area (Å²) >= 11 is 1.64. The molecule has 138 valence electrons. The fourth-order valence-electron chi connectivity index (χ4n) is 3.23. The minimum atomic E-state index is -0.241. The van der Waals surface area contributed by atoms with Crippen LogP contribution >= 0.6 is 11.3 Å². The van der Waals surface area contributed by atoms with Gasteiger partial charge in [-0.2, -0.15) is 0 Å². The molecule has 1 aromatic carbocycles. The Bertz CT molecular complexity index is 806. The molecule has 5 heteroatoms. The normalized spacial score (nSPS) is 16.5. The third-order valence-corrected chi connectivity index (χ3v) is 5.88. The molecular weight excluding hydrogens is 344 g/mol. The first kappa shape index (κ1) is 18.6. The molecule has 4 nitrogen and oxygen atoms in total. The Hall–Kier alpha value is -2.14. The third-order valence-electron chi connectivity index (χ3n) is 4.71. The van der Waals surface area contributed by atoms with E-state index in [-0.39, 0.29) is 5.97 Å². The number of fused-ring (bicyclic) bond motifs is 1. The highest BCUT2D eigenvalue weighted by Gasteiger charge is 2.28. The summed E-state index contributed by atoms with van der Waals surface area (Å²) in [4.78, 5) is 20.5. The van der Waals surface area contributed by atoms with E-state index in [4.69, 9.17) is 4.74 Å². The van der Waals surface area contributed by atoms with E-state index in [2.05, 4.69) is 28.9 Å². The number of thiophene rings is 1. The van der Waals surface area contributed by atoms with Gasteiger partial charge in [0.05, 0.1) is 12.2 Å². The summed E-state index contributed by atoms with van der Waals surface area (Å²) < 4.78 is 5.30. The van der Waals surface area contributed by atoms with Gasteiger partial charge in [0, 0.05) is 30.9 Å². The van der Waals surface area contributed by atoms with Crippen LogP contribution in [0.5, 0.6) is 0 Å². The van der Waals surface area contributed by atoms with Crippen LogP contribution in [0, 0.1) is 5.92 Å². The minimum absolute atomic E-state index is 0.241. The number of hydrogen-bond donors (Lipinski definition) is 0. The molecule has 0 unspecified atom stereocenters. The number of carbonyl (C=O) groups excluding carboxylic acids is 1. The van der Waals surface area contributed by atoms with Crippen LogP contribution in [-0.4, -0.2) is 32.9 Å². The second kappa shape index (κ2) is 8.04. The van der Waals surface area contributed by atoms with E-state index in [9.17, 15) is 4.79 Å². The first-order valence-corrected chi connectivity index (χ1v) is 9.94. The van der Waals surface area contributed by atoms with Crippen molar-refractivity contribution in [3.05, 3.63) is 45.8 Å². The number of ether oxygens (including phenoxy) is 1. The maximum Gasteiger partial charge on any atom is 0.341 e. The monoisotopic (exact) mass is 370 g/mol. The summed E-state index contributed by atoms with van der Waals surface area (Å²) in [5, 5.41) is 0.777. The zero-order valence-electron chi connectivity index (χ0n) is 15.9. The average molecular weight is 371 g/mol. The molecule has 0 saturated carbocycles. The number of nitrogens with zero attached hydrogens (tertiary/aromatic N) is 2. The van der Waals surface area contributed by atoms with Gasteiger partial charge in [0.25, 0.3) is 0 Å². The Labute approximate surface area is 159 Å². The number of aliphatic imine (C=N–C) groups is 1. The standard InChI is InChI=1S/C21H26N2O2S/c1-5-25-21(24)19-17-11-6-14(2)12-18(17)26-20(19)22-13-15-7-9-16(10-8-15)23(3)4/h7-10,13-14H,5-6,11-12H2,1-4H3/t14-/m1/s1. The Balaban J connectivity index is 1.92. The number of rotatable bonds is 5. The number of anilines is 1. The predicted molar refractivity (Wildman–Crippen MR) is 109 cm³/mol. The zero-order valence-corrected chi connectivity index (χ0v) is 16.7. The van der Waals surface area contributed by atoms with Gasteiger partial charge in [0.1, 0.15) is 5.00 Å². The zero-order chi connectivity index (χ0) is 18.7. The lowest BCUT2D eigenvalue weighted by Gasteiger charge is -2.18. The van der Waals surface area contributed by atoms with Crippen LogP contribution in [0.4, 0.5) is 10.7 Å². The molecule has 0 spiro atoms. The Kier molecular flexibility index (Phi) is 5.77. The van der Waals surface area contributed by atoms with Crippen molar-refractivity contribution < 1.29 is 9.53 Å². The molecule has 26 heavy (non-hydrogen) atoms. The van der Waals surface area contributed by atoms with Crippen LogP contribution in [0.2, 0.25) is 0 Å².